The monoisotopic (exact) mass is 285 g/mol. The van der Waals surface area contributed by atoms with Crippen LogP contribution >= 0.6 is 15.9 Å². The van der Waals surface area contributed by atoms with Crippen molar-refractivity contribution < 1.29 is 9.21 Å². The fraction of sp³-hybridized carbons (Fsp3) is 0.583. The van der Waals surface area contributed by atoms with Crippen molar-refractivity contribution in [2.24, 2.45) is 0 Å². The van der Waals surface area contributed by atoms with Gasteiger partial charge in [-0.05, 0) is 25.0 Å². The number of furan rings is 1. The molecule has 1 saturated carbocycles. The topological polar surface area (TPSA) is 33.5 Å². The lowest BCUT2D eigenvalue weighted by Crippen LogP contribution is -2.43. The van der Waals surface area contributed by atoms with Crippen molar-refractivity contribution in [3.8, 4) is 0 Å². The molecular weight excluding hydrogens is 270 g/mol. The first-order valence-corrected chi connectivity index (χ1v) is 6.56. The van der Waals surface area contributed by atoms with Gasteiger partial charge in [-0.1, -0.05) is 28.8 Å². The third-order valence-electron chi connectivity index (χ3n) is 3.20. The molecule has 0 spiro atoms. The number of nitrogens with zero attached hydrogens (tertiary/aromatic N) is 1. The van der Waals surface area contributed by atoms with Gasteiger partial charge in [-0.15, -0.1) is 0 Å². The molecule has 1 aromatic rings. The van der Waals surface area contributed by atoms with Crippen LogP contribution in [0.15, 0.2) is 22.8 Å². The molecule has 16 heavy (non-hydrogen) atoms. The Kier molecular flexibility index (Phi) is 3.69. The van der Waals surface area contributed by atoms with Crippen LogP contribution in [0.1, 0.15) is 36.2 Å². The van der Waals surface area contributed by atoms with E-state index in [-0.39, 0.29) is 11.9 Å². The molecule has 1 heterocycles. The van der Waals surface area contributed by atoms with Crippen LogP contribution in [0, 0.1) is 0 Å². The van der Waals surface area contributed by atoms with Gasteiger partial charge in [0.05, 0.1) is 6.26 Å². The summed E-state index contributed by atoms with van der Waals surface area (Å²) in [5.41, 5.74) is 0. The quantitative estimate of drug-likeness (QED) is 0.783. The van der Waals surface area contributed by atoms with Crippen LogP contribution in [0.3, 0.4) is 0 Å². The van der Waals surface area contributed by atoms with Crippen molar-refractivity contribution in [2.75, 3.05) is 7.05 Å². The molecule has 4 heteroatoms. The summed E-state index contributed by atoms with van der Waals surface area (Å²) in [7, 11) is 1.86. The first-order valence-electron chi connectivity index (χ1n) is 5.65. The zero-order valence-corrected chi connectivity index (χ0v) is 10.9. The first-order chi connectivity index (χ1) is 7.70. The largest absolute Gasteiger partial charge is 0.459 e. The second-order valence-electron chi connectivity index (χ2n) is 4.26. The lowest BCUT2D eigenvalue weighted by Gasteiger charge is -2.34. The van der Waals surface area contributed by atoms with Gasteiger partial charge in [0.1, 0.15) is 0 Å². The van der Waals surface area contributed by atoms with Crippen LogP contribution in [-0.4, -0.2) is 28.7 Å². The van der Waals surface area contributed by atoms with E-state index in [2.05, 4.69) is 15.9 Å². The van der Waals surface area contributed by atoms with Crippen LogP contribution in [-0.2, 0) is 0 Å². The zero-order chi connectivity index (χ0) is 11.5. The Morgan fingerprint density at radius 3 is 2.88 bits per heavy atom. The predicted molar refractivity (Wildman–Crippen MR) is 65.8 cm³/mol. The summed E-state index contributed by atoms with van der Waals surface area (Å²) in [6.07, 6.45) is 6.19. The molecule has 1 aromatic heterocycles. The highest BCUT2D eigenvalue weighted by atomic mass is 79.9. The van der Waals surface area contributed by atoms with E-state index in [0.717, 1.165) is 12.8 Å². The molecule has 1 fully saturated rings. The lowest BCUT2D eigenvalue weighted by molar-refractivity contribution is 0.0672. The van der Waals surface area contributed by atoms with E-state index in [1.54, 1.807) is 17.0 Å². The average molecular weight is 286 g/mol. The number of hydrogen-bond acceptors (Lipinski definition) is 2. The van der Waals surface area contributed by atoms with Crippen molar-refractivity contribution in [1.29, 1.82) is 0 Å². The maximum absolute atomic E-state index is 12.1. The Labute approximate surface area is 104 Å². The average Bonchev–Trinajstić information content (AvgIpc) is 2.81. The van der Waals surface area contributed by atoms with Crippen LogP contribution < -0.4 is 0 Å². The summed E-state index contributed by atoms with van der Waals surface area (Å²) < 4.78 is 5.14. The smallest absolute Gasteiger partial charge is 0.289 e. The fourth-order valence-electron chi connectivity index (χ4n) is 2.23. The molecule has 0 N–H and O–H groups in total. The van der Waals surface area contributed by atoms with Gasteiger partial charge < -0.3 is 9.32 Å². The van der Waals surface area contributed by atoms with Gasteiger partial charge in [0.2, 0.25) is 0 Å². The van der Waals surface area contributed by atoms with Crippen LogP contribution in [0.4, 0.5) is 0 Å². The summed E-state index contributed by atoms with van der Waals surface area (Å²) >= 11 is 3.66. The number of carbonyl (C=O) groups is 1. The van der Waals surface area contributed by atoms with Gasteiger partial charge in [0.25, 0.3) is 5.91 Å². The fourth-order valence-corrected chi connectivity index (χ4v) is 3.17. The molecule has 2 unspecified atom stereocenters. The van der Waals surface area contributed by atoms with Crippen LogP contribution in [0.5, 0.6) is 0 Å². The summed E-state index contributed by atoms with van der Waals surface area (Å²) in [6.45, 7) is 0. The zero-order valence-electron chi connectivity index (χ0n) is 9.36. The Hall–Kier alpha value is -0.770. The van der Waals surface area contributed by atoms with Crippen molar-refractivity contribution in [3.63, 3.8) is 0 Å². The van der Waals surface area contributed by atoms with Gasteiger partial charge in [-0.25, -0.2) is 0 Å². The number of alkyl halides is 1. The molecule has 1 amide bonds. The first kappa shape index (κ1) is 11.7. The lowest BCUT2D eigenvalue weighted by atomic mass is 9.94. The van der Waals surface area contributed by atoms with Gasteiger partial charge >= 0.3 is 0 Å². The molecule has 0 saturated heterocycles. The molecule has 2 atom stereocenters. The maximum atomic E-state index is 12.1. The molecule has 3 nitrogen and oxygen atoms in total. The summed E-state index contributed by atoms with van der Waals surface area (Å²) in [5, 5.41) is 0. The minimum Gasteiger partial charge on any atom is -0.459 e. The normalized spacial score (nSPS) is 25.4. The van der Waals surface area contributed by atoms with Gasteiger partial charge in [-0.2, -0.15) is 0 Å². The highest BCUT2D eigenvalue weighted by molar-refractivity contribution is 9.09. The van der Waals surface area contributed by atoms with Crippen LogP contribution in [0.2, 0.25) is 0 Å². The van der Waals surface area contributed by atoms with E-state index in [9.17, 15) is 4.79 Å². The molecule has 2 rings (SSSR count). The van der Waals surface area contributed by atoms with Crippen molar-refractivity contribution in [2.45, 2.75) is 36.6 Å². The van der Waals surface area contributed by atoms with E-state index < -0.39 is 0 Å². The Morgan fingerprint density at radius 2 is 2.25 bits per heavy atom. The summed E-state index contributed by atoms with van der Waals surface area (Å²) in [5.74, 6) is 0.397. The van der Waals surface area contributed by atoms with Crippen LogP contribution in [0.25, 0.3) is 0 Å². The number of halogens is 1. The van der Waals surface area contributed by atoms with Gasteiger partial charge in [-0.3, -0.25) is 4.79 Å². The highest BCUT2D eigenvalue weighted by Gasteiger charge is 2.30. The Bertz CT molecular complexity index is 350. The molecular formula is C12H16BrNO2. The minimum absolute atomic E-state index is 0.0265. The van der Waals surface area contributed by atoms with E-state index >= 15 is 0 Å². The molecule has 0 aromatic carbocycles. The highest BCUT2D eigenvalue weighted by Crippen LogP contribution is 2.28. The maximum Gasteiger partial charge on any atom is 0.289 e. The second-order valence-corrected chi connectivity index (χ2v) is 5.44. The van der Waals surface area contributed by atoms with E-state index in [4.69, 9.17) is 4.42 Å². The van der Waals surface area contributed by atoms with E-state index in [0.29, 0.717) is 10.6 Å². The Balaban J connectivity index is 2.06. The molecule has 0 bridgehead atoms. The summed E-state index contributed by atoms with van der Waals surface area (Å²) in [6, 6.07) is 3.74. The van der Waals surface area contributed by atoms with Crippen molar-refractivity contribution >= 4 is 21.8 Å². The van der Waals surface area contributed by atoms with Crippen molar-refractivity contribution in [1.82, 2.24) is 4.90 Å². The number of hydrogen-bond donors (Lipinski definition) is 0. The third-order valence-corrected chi connectivity index (χ3v) is 4.27. The van der Waals surface area contributed by atoms with E-state index in [1.165, 1.54) is 19.1 Å². The second kappa shape index (κ2) is 5.04. The number of rotatable bonds is 2. The minimum atomic E-state index is -0.0265. The molecule has 1 aliphatic carbocycles. The van der Waals surface area contributed by atoms with Crippen molar-refractivity contribution in [3.05, 3.63) is 24.2 Å². The predicted octanol–water partition coefficient (Wildman–Crippen LogP) is 3.06. The number of carbonyl (C=O) groups excluding carboxylic acids is 1. The molecule has 0 aliphatic heterocycles. The third kappa shape index (κ3) is 2.32. The Morgan fingerprint density at radius 1 is 1.50 bits per heavy atom. The van der Waals surface area contributed by atoms with Gasteiger partial charge in [0, 0.05) is 17.9 Å². The SMILES string of the molecule is CN(C(=O)c1ccco1)C1CCCCC1Br. The molecule has 88 valence electrons. The standard InChI is InChI=1S/C12H16BrNO2/c1-14(10-6-3-2-5-9(10)13)12(15)11-7-4-8-16-11/h4,7-10H,2-3,5-6H2,1H3. The number of amides is 1. The van der Waals surface area contributed by atoms with Gasteiger partial charge in [0.15, 0.2) is 5.76 Å². The summed E-state index contributed by atoms with van der Waals surface area (Å²) in [4.78, 5) is 14.3. The molecule has 0 radical (unpaired) electrons. The van der Waals surface area contributed by atoms with E-state index in [1.807, 2.05) is 7.05 Å². The molecule has 1 aliphatic rings.